The summed E-state index contributed by atoms with van der Waals surface area (Å²) in [6.07, 6.45) is 1.09. The Balaban J connectivity index is 1.87. The van der Waals surface area contributed by atoms with Gasteiger partial charge in [-0.15, -0.1) is 0 Å². The standard InChI is InChI=1S/C19H24N2O4S/c1-13-5-7-17(12-14(13)2)25-10-9-20-19(22)16-6-8-18(15(3)11-16)21-26(4,23)24/h5-8,11-12,21H,9-10H2,1-4H3,(H,20,22). The molecule has 0 heterocycles. The monoisotopic (exact) mass is 376 g/mol. The molecule has 0 aromatic heterocycles. The molecule has 6 nitrogen and oxygen atoms in total. The van der Waals surface area contributed by atoms with Gasteiger partial charge in [0.25, 0.3) is 5.91 Å². The van der Waals surface area contributed by atoms with Crippen LogP contribution in [0.15, 0.2) is 36.4 Å². The van der Waals surface area contributed by atoms with Crippen LogP contribution in [0.5, 0.6) is 5.75 Å². The van der Waals surface area contributed by atoms with E-state index in [1.165, 1.54) is 5.56 Å². The van der Waals surface area contributed by atoms with Gasteiger partial charge in [0.1, 0.15) is 12.4 Å². The Bertz CT molecular complexity index is 908. The first-order valence-electron chi connectivity index (χ1n) is 8.22. The molecule has 0 unspecified atom stereocenters. The maximum Gasteiger partial charge on any atom is 0.251 e. The quantitative estimate of drug-likeness (QED) is 0.728. The van der Waals surface area contributed by atoms with Crippen molar-refractivity contribution in [1.82, 2.24) is 5.32 Å². The third kappa shape index (κ3) is 5.77. The number of amides is 1. The smallest absolute Gasteiger partial charge is 0.251 e. The van der Waals surface area contributed by atoms with Gasteiger partial charge in [-0.1, -0.05) is 6.07 Å². The molecule has 1 amide bonds. The number of ether oxygens (including phenoxy) is 1. The van der Waals surface area contributed by atoms with Gasteiger partial charge in [-0.3, -0.25) is 9.52 Å². The van der Waals surface area contributed by atoms with Crippen LogP contribution in [0.3, 0.4) is 0 Å². The van der Waals surface area contributed by atoms with Gasteiger partial charge in [0.15, 0.2) is 0 Å². The minimum absolute atomic E-state index is 0.234. The van der Waals surface area contributed by atoms with Gasteiger partial charge in [0.05, 0.1) is 18.5 Å². The first-order valence-corrected chi connectivity index (χ1v) is 10.1. The Morgan fingerprint density at radius 3 is 2.35 bits per heavy atom. The molecule has 2 aromatic rings. The van der Waals surface area contributed by atoms with E-state index in [1.54, 1.807) is 25.1 Å². The van der Waals surface area contributed by atoms with Crippen LogP contribution >= 0.6 is 0 Å². The van der Waals surface area contributed by atoms with Gasteiger partial charge in [0.2, 0.25) is 10.0 Å². The summed E-state index contributed by atoms with van der Waals surface area (Å²) in [4.78, 5) is 12.2. The van der Waals surface area contributed by atoms with Crippen molar-refractivity contribution in [3.63, 3.8) is 0 Å². The van der Waals surface area contributed by atoms with E-state index in [9.17, 15) is 13.2 Å². The Kier molecular flexibility index (Phi) is 6.26. The summed E-state index contributed by atoms with van der Waals surface area (Å²) in [5, 5.41) is 2.79. The zero-order valence-corrected chi connectivity index (χ0v) is 16.2. The second kappa shape index (κ2) is 8.23. The fourth-order valence-corrected chi connectivity index (χ4v) is 2.99. The molecule has 7 heteroatoms. The maximum atomic E-state index is 12.2. The zero-order valence-electron chi connectivity index (χ0n) is 15.4. The number of hydrogen-bond acceptors (Lipinski definition) is 4. The summed E-state index contributed by atoms with van der Waals surface area (Å²) in [6, 6.07) is 10.7. The number of hydrogen-bond donors (Lipinski definition) is 2. The Morgan fingerprint density at radius 1 is 1.00 bits per heavy atom. The molecular formula is C19H24N2O4S. The first-order chi connectivity index (χ1) is 12.2. The summed E-state index contributed by atoms with van der Waals surface area (Å²) >= 11 is 0. The molecule has 0 bridgehead atoms. The van der Waals surface area contributed by atoms with E-state index in [4.69, 9.17) is 4.74 Å². The van der Waals surface area contributed by atoms with E-state index in [-0.39, 0.29) is 5.91 Å². The molecule has 0 saturated carbocycles. The molecule has 0 aliphatic rings. The predicted octanol–water partition coefficient (Wildman–Crippen LogP) is 2.79. The average Bonchev–Trinajstić information content (AvgIpc) is 2.55. The second-order valence-corrected chi connectivity index (χ2v) is 8.00. The van der Waals surface area contributed by atoms with Crippen molar-refractivity contribution in [3.05, 3.63) is 58.7 Å². The largest absolute Gasteiger partial charge is 0.492 e. The Hall–Kier alpha value is -2.54. The van der Waals surface area contributed by atoms with Crippen molar-refractivity contribution in [2.75, 3.05) is 24.1 Å². The van der Waals surface area contributed by atoms with Crippen LogP contribution in [0, 0.1) is 20.8 Å². The number of aryl methyl sites for hydroxylation is 3. The lowest BCUT2D eigenvalue weighted by Gasteiger charge is -2.11. The molecule has 2 rings (SSSR count). The van der Waals surface area contributed by atoms with Crippen LogP contribution in [-0.4, -0.2) is 33.7 Å². The van der Waals surface area contributed by atoms with E-state index in [1.807, 2.05) is 32.0 Å². The Labute approximate surface area is 154 Å². The molecule has 0 radical (unpaired) electrons. The van der Waals surface area contributed by atoms with Gasteiger partial charge < -0.3 is 10.1 Å². The van der Waals surface area contributed by atoms with E-state index in [0.717, 1.165) is 17.6 Å². The molecule has 0 spiro atoms. The van der Waals surface area contributed by atoms with Crippen molar-refractivity contribution in [2.24, 2.45) is 0 Å². The minimum atomic E-state index is -3.35. The summed E-state index contributed by atoms with van der Waals surface area (Å²) < 4.78 is 30.6. The first kappa shape index (κ1) is 19.8. The topological polar surface area (TPSA) is 84.5 Å². The SMILES string of the molecule is Cc1ccc(OCCNC(=O)c2ccc(NS(C)(=O)=O)c(C)c2)cc1C. The molecule has 2 aromatic carbocycles. The predicted molar refractivity (Wildman–Crippen MR) is 103 cm³/mol. The molecule has 26 heavy (non-hydrogen) atoms. The van der Waals surface area contributed by atoms with Gasteiger partial charge in [-0.05, 0) is 67.8 Å². The lowest BCUT2D eigenvalue weighted by Crippen LogP contribution is -2.28. The maximum absolute atomic E-state index is 12.2. The number of rotatable bonds is 7. The van der Waals surface area contributed by atoms with Crippen LogP contribution in [0.1, 0.15) is 27.0 Å². The summed E-state index contributed by atoms with van der Waals surface area (Å²) in [5.41, 5.74) is 3.96. The van der Waals surface area contributed by atoms with Crippen molar-refractivity contribution >= 4 is 21.6 Å². The lowest BCUT2D eigenvalue weighted by molar-refractivity contribution is 0.0947. The van der Waals surface area contributed by atoms with E-state index in [0.29, 0.717) is 30.0 Å². The molecule has 0 atom stereocenters. The molecule has 0 saturated heterocycles. The fourth-order valence-electron chi connectivity index (χ4n) is 2.36. The number of sulfonamides is 1. The van der Waals surface area contributed by atoms with Gasteiger partial charge in [-0.25, -0.2) is 8.42 Å². The van der Waals surface area contributed by atoms with Crippen LogP contribution in [0.4, 0.5) is 5.69 Å². The summed E-state index contributed by atoms with van der Waals surface area (Å²) in [6.45, 7) is 6.54. The third-order valence-corrected chi connectivity index (χ3v) is 4.51. The number of carbonyl (C=O) groups excluding carboxylic acids is 1. The van der Waals surface area contributed by atoms with Crippen molar-refractivity contribution in [1.29, 1.82) is 0 Å². The van der Waals surface area contributed by atoms with Crippen molar-refractivity contribution < 1.29 is 17.9 Å². The molecule has 2 N–H and O–H groups in total. The van der Waals surface area contributed by atoms with Gasteiger partial charge in [0, 0.05) is 5.56 Å². The highest BCUT2D eigenvalue weighted by molar-refractivity contribution is 7.92. The zero-order chi connectivity index (χ0) is 19.3. The van der Waals surface area contributed by atoms with Crippen molar-refractivity contribution in [3.8, 4) is 5.75 Å². The van der Waals surface area contributed by atoms with E-state index >= 15 is 0 Å². The van der Waals surface area contributed by atoms with Crippen molar-refractivity contribution in [2.45, 2.75) is 20.8 Å². The summed E-state index contributed by atoms with van der Waals surface area (Å²) in [7, 11) is -3.35. The highest BCUT2D eigenvalue weighted by Gasteiger charge is 2.10. The molecule has 0 aliphatic heterocycles. The molecule has 0 aliphatic carbocycles. The number of benzene rings is 2. The van der Waals surface area contributed by atoms with E-state index in [2.05, 4.69) is 10.0 Å². The van der Waals surface area contributed by atoms with E-state index < -0.39 is 10.0 Å². The van der Waals surface area contributed by atoms with Gasteiger partial charge in [-0.2, -0.15) is 0 Å². The highest BCUT2D eigenvalue weighted by atomic mass is 32.2. The fraction of sp³-hybridized carbons (Fsp3) is 0.316. The minimum Gasteiger partial charge on any atom is -0.492 e. The number of anilines is 1. The van der Waals surface area contributed by atoms with Crippen LogP contribution in [-0.2, 0) is 10.0 Å². The molecule has 140 valence electrons. The second-order valence-electron chi connectivity index (χ2n) is 6.25. The highest BCUT2D eigenvalue weighted by Crippen LogP contribution is 2.18. The lowest BCUT2D eigenvalue weighted by atomic mass is 10.1. The van der Waals surface area contributed by atoms with Gasteiger partial charge >= 0.3 is 0 Å². The number of carbonyl (C=O) groups is 1. The van der Waals surface area contributed by atoms with Crippen LogP contribution in [0.25, 0.3) is 0 Å². The van der Waals surface area contributed by atoms with Crippen LogP contribution < -0.4 is 14.8 Å². The molecule has 0 fully saturated rings. The third-order valence-electron chi connectivity index (χ3n) is 3.92. The average molecular weight is 376 g/mol. The Morgan fingerprint density at radius 2 is 1.73 bits per heavy atom. The normalized spacial score (nSPS) is 11.1. The molecular weight excluding hydrogens is 352 g/mol. The van der Waals surface area contributed by atoms with Crippen LogP contribution in [0.2, 0.25) is 0 Å². The number of nitrogens with one attached hydrogen (secondary N) is 2. The summed E-state index contributed by atoms with van der Waals surface area (Å²) in [5.74, 6) is 0.539.